The molecular weight excluding hydrogens is 404 g/mol. The van der Waals surface area contributed by atoms with Crippen LogP contribution < -0.4 is 11.1 Å². The van der Waals surface area contributed by atoms with Gasteiger partial charge >= 0.3 is 0 Å². The molecule has 1 fully saturated rings. The second kappa shape index (κ2) is 5.96. The van der Waals surface area contributed by atoms with Crippen molar-refractivity contribution in [3.63, 3.8) is 0 Å². The third-order valence-corrected chi connectivity index (χ3v) is 6.25. The number of halogens is 1. The Morgan fingerprint density at radius 3 is 2.85 bits per heavy atom. The largest absolute Gasteiger partial charge is 0.442 e. The van der Waals surface area contributed by atoms with Gasteiger partial charge in [0, 0.05) is 21.4 Å². The number of aromatic nitrogens is 1. The highest BCUT2D eigenvalue weighted by Gasteiger charge is 2.52. The van der Waals surface area contributed by atoms with Crippen LogP contribution in [0.2, 0.25) is 0 Å². The molecule has 0 amide bonds. The van der Waals surface area contributed by atoms with Crippen molar-refractivity contribution in [3.8, 4) is 0 Å². The Morgan fingerprint density at radius 1 is 1.26 bits per heavy atom. The van der Waals surface area contributed by atoms with E-state index in [1.54, 1.807) is 0 Å². The lowest BCUT2D eigenvalue weighted by atomic mass is 9.99. The fraction of sp³-hybridized carbons (Fsp3) is 0.238. The highest BCUT2D eigenvalue weighted by Crippen LogP contribution is 2.60. The molecule has 1 atom stereocenters. The van der Waals surface area contributed by atoms with Gasteiger partial charge in [-0.3, -0.25) is 5.41 Å². The Balaban J connectivity index is 1.46. The first-order valence-electron chi connectivity index (χ1n) is 8.99. The summed E-state index contributed by atoms with van der Waals surface area (Å²) in [5.74, 6) is 0.409. The van der Waals surface area contributed by atoms with E-state index >= 15 is 0 Å². The maximum Gasteiger partial charge on any atom is 0.181 e. The second-order valence-corrected chi connectivity index (χ2v) is 8.37. The number of anilines is 2. The predicted octanol–water partition coefficient (Wildman–Crippen LogP) is 5.02. The highest BCUT2D eigenvalue weighted by atomic mass is 79.9. The SMILES string of the molecule is N=C(c1cnco1)c1cc(NC2CC3(CC3)c3cc(Br)ccc32)ccc1N. The summed E-state index contributed by atoms with van der Waals surface area (Å²) in [6, 6.07) is 12.6. The number of rotatable bonds is 4. The topological polar surface area (TPSA) is 87.9 Å². The van der Waals surface area contributed by atoms with E-state index in [-0.39, 0.29) is 11.8 Å². The lowest BCUT2D eigenvalue weighted by molar-refractivity contribution is 0.548. The molecular formula is C21H19BrN4O. The van der Waals surface area contributed by atoms with Gasteiger partial charge < -0.3 is 15.5 Å². The number of fused-ring (bicyclic) bond motifs is 2. The summed E-state index contributed by atoms with van der Waals surface area (Å²) in [5.41, 5.74) is 11.7. The van der Waals surface area contributed by atoms with E-state index in [2.05, 4.69) is 44.4 Å². The van der Waals surface area contributed by atoms with E-state index < -0.39 is 0 Å². The van der Waals surface area contributed by atoms with Crippen molar-refractivity contribution in [1.29, 1.82) is 5.41 Å². The van der Waals surface area contributed by atoms with E-state index in [4.69, 9.17) is 15.6 Å². The molecule has 1 unspecified atom stereocenters. The Labute approximate surface area is 165 Å². The van der Waals surface area contributed by atoms with E-state index in [9.17, 15) is 0 Å². The molecule has 5 rings (SSSR count). The fourth-order valence-corrected chi connectivity index (χ4v) is 4.55. The first kappa shape index (κ1) is 16.6. The van der Waals surface area contributed by atoms with Crippen LogP contribution in [-0.4, -0.2) is 10.7 Å². The molecule has 0 radical (unpaired) electrons. The summed E-state index contributed by atoms with van der Waals surface area (Å²) < 4.78 is 6.40. The molecule has 136 valence electrons. The first-order chi connectivity index (χ1) is 13.1. The third-order valence-electron chi connectivity index (χ3n) is 5.75. The number of oxazole rings is 1. The minimum absolute atomic E-state index is 0.239. The van der Waals surface area contributed by atoms with E-state index in [1.807, 2.05) is 18.2 Å². The lowest BCUT2D eigenvalue weighted by Crippen LogP contribution is -2.11. The van der Waals surface area contributed by atoms with Crippen molar-refractivity contribution in [1.82, 2.24) is 4.98 Å². The first-order valence-corrected chi connectivity index (χ1v) is 9.79. The molecule has 1 saturated carbocycles. The number of benzene rings is 2. The van der Waals surface area contributed by atoms with Crippen LogP contribution in [-0.2, 0) is 5.41 Å². The van der Waals surface area contributed by atoms with Crippen LogP contribution in [0.15, 0.2) is 57.9 Å². The number of nitrogen functional groups attached to an aromatic ring is 1. The van der Waals surface area contributed by atoms with Gasteiger partial charge in [0.25, 0.3) is 0 Å². The van der Waals surface area contributed by atoms with Crippen molar-refractivity contribution >= 4 is 33.0 Å². The zero-order valence-corrected chi connectivity index (χ0v) is 16.2. The number of nitrogens with one attached hydrogen (secondary N) is 2. The number of nitrogens with zero attached hydrogens (tertiary/aromatic N) is 1. The average molecular weight is 423 g/mol. The minimum atomic E-state index is 0.239. The molecule has 1 spiro atoms. The van der Waals surface area contributed by atoms with Crippen molar-refractivity contribution < 1.29 is 4.42 Å². The van der Waals surface area contributed by atoms with Crippen LogP contribution in [0.25, 0.3) is 0 Å². The second-order valence-electron chi connectivity index (χ2n) is 7.46. The number of hydrogen-bond donors (Lipinski definition) is 3. The van der Waals surface area contributed by atoms with Crippen molar-refractivity contribution in [2.75, 3.05) is 11.1 Å². The Kier molecular flexibility index (Phi) is 3.65. The van der Waals surface area contributed by atoms with Gasteiger partial charge in [-0.2, -0.15) is 0 Å². The van der Waals surface area contributed by atoms with E-state index in [1.165, 1.54) is 36.6 Å². The standard InChI is InChI=1S/C21H19BrN4O/c22-12-1-3-14-16(7-12)21(5-6-21)9-18(14)26-13-2-4-17(23)15(8-13)20(24)19-10-25-11-27-19/h1-4,7-8,10-11,18,24,26H,5-6,9,23H2. The summed E-state index contributed by atoms with van der Waals surface area (Å²) in [4.78, 5) is 3.89. The quantitative estimate of drug-likeness (QED) is 0.406. The van der Waals surface area contributed by atoms with Crippen LogP contribution in [0.5, 0.6) is 0 Å². The van der Waals surface area contributed by atoms with Crippen molar-refractivity contribution in [2.24, 2.45) is 0 Å². The number of hydrogen-bond acceptors (Lipinski definition) is 5. The van der Waals surface area contributed by atoms with Crippen LogP contribution >= 0.6 is 15.9 Å². The summed E-state index contributed by atoms with van der Waals surface area (Å²) in [6.45, 7) is 0. The molecule has 3 aromatic rings. The van der Waals surface area contributed by atoms with Gasteiger partial charge in [0.1, 0.15) is 5.71 Å². The Hall–Kier alpha value is -2.60. The normalized spacial score (nSPS) is 19.1. The minimum Gasteiger partial charge on any atom is -0.442 e. The molecule has 0 saturated heterocycles. The monoisotopic (exact) mass is 422 g/mol. The van der Waals surface area contributed by atoms with Crippen LogP contribution in [0.4, 0.5) is 11.4 Å². The van der Waals surface area contributed by atoms with Crippen LogP contribution in [0, 0.1) is 5.41 Å². The third kappa shape index (κ3) is 2.75. The average Bonchev–Trinajstić information content (AvgIpc) is 3.11. The number of nitrogens with two attached hydrogens (primary N) is 1. The van der Waals surface area contributed by atoms with Gasteiger partial charge in [0.15, 0.2) is 12.2 Å². The molecule has 1 aromatic heterocycles. The fourth-order valence-electron chi connectivity index (χ4n) is 4.19. The maximum absolute atomic E-state index is 8.38. The molecule has 2 aromatic carbocycles. The van der Waals surface area contributed by atoms with Gasteiger partial charge in [0.05, 0.1) is 12.2 Å². The van der Waals surface area contributed by atoms with Crippen LogP contribution in [0.3, 0.4) is 0 Å². The zero-order valence-electron chi connectivity index (χ0n) is 14.6. The van der Waals surface area contributed by atoms with Gasteiger partial charge in [-0.15, -0.1) is 0 Å². The predicted molar refractivity (Wildman–Crippen MR) is 109 cm³/mol. The Bertz CT molecular complexity index is 1040. The molecule has 0 aliphatic heterocycles. The maximum atomic E-state index is 8.38. The van der Waals surface area contributed by atoms with E-state index in [0.29, 0.717) is 22.4 Å². The molecule has 2 aliphatic carbocycles. The molecule has 5 nitrogen and oxygen atoms in total. The molecule has 4 N–H and O–H groups in total. The smallest absolute Gasteiger partial charge is 0.181 e. The van der Waals surface area contributed by atoms with Crippen molar-refractivity contribution in [2.45, 2.75) is 30.7 Å². The lowest BCUT2D eigenvalue weighted by Gasteiger charge is -2.17. The highest BCUT2D eigenvalue weighted by molar-refractivity contribution is 9.10. The van der Waals surface area contributed by atoms with Gasteiger partial charge in [-0.1, -0.05) is 22.0 Å². The molecule has 2 aliphatic rings. The summed E-state index contributed by atoms with van der Waals surface area (Å²) in [6.07, 6.45) is 6.49. The molecule has 1 heterocycles. The summed E-state index contributed by atoms with van der Waals surface area (Å²) >= 11 is 3.61. The molecule has 6 heteroatoms. The zero-order chi connectivity index (χ0) is 18.6. The Morgan fingerprint density at radius 2 is 2.11 bits per heavy atom. The van der Waals surface area contributed by atoms with Gasteiger partial charge in [-0.25, -0.2) is 4.98 Å². The summed E-state index contributed by atoms with van der Waals surface area (Å²) in [7, 11) is 0. The summed E-state index contributed by atoms with van der Waals surface area (Å²) in [5, 5.41) is 12.0. The van der Waals surface area contributed by atoms with Crippen LogP contribution in [0.1, 0.15) is 47.8 Å². The van der Waals surface area contributed by atoms with Gasteiger partial charge in [-0.05, 0) is 66.1 Å². The molecule has 0 bridgehead atoms. The van der Waals surface area contributed by atoms with Gasteiger partial charge in [0.2, 0.25) is 0 Å². The molecule has 27 heavy (non-hydrogen) atoms. The van der Waals surface area contributed by atoms with Crippen molar-refractivity contribution in [3.05, 3.63) is 75.9 Å². The van der Waals surface area contributed by atoms with E-state index in [0.717, 1.165) is 16.6 Å².